The first-order chi connectivity index (χ1) is 12.7. The highest BCUT2D eigenvalue weighted by Gasteiger charge is 2.16. The molecule has 1 aromatic carbocycles. The SMILES string of the molecule is Cc1cc(CC(=O)NCCOc2cccc(NC(=O)OC(C)(C)C)c2)no1. The second-order valence-electron chi connectivity index (χ2n) is 6.96. The molecular formula is C19H25N3O5. The van der Waals surface area contributed by atoms with Crippen molar-refractivity contribution in [3.05, 3.63) is 41.8 Å². The maximum Gasteiger partial charge on any atom is 0.412 e. The van der Waals surface area contributed by atoms with Gasteiger partial charge in [0.2, 0.25) is 5.91 Å². The number of amides is 2. The van der Waals surface area contributed by atoms with Crippen LogP contribution in [-0.2, 0) is 16.0 Å². The summed E-state index contributed by atoms with van der Waals surface area (Å²) in [5, 5.41) is 9.17. The number of benzene rings is 1. The van der Waals surface area contributed by atoms with E-state index in [1.165, 1.54) is 0 Å². The topological polar surface area (TPSA) is 103 Å². The smallest absolute Gasteiger partial charge is 0.412 e. The van der Waals surface area contributed by atoms with E-state index in [4.69, 9.17) is 14.0 Å². The quantitative estimate of drug-likeness (QED) is 0.721. The fourth-order valence-electron chi connectivity index (χ4n) is 2.17. The van der Waals surface area contributed by atoms with Gasteiger partial charge in [0.15, 0.2) is 0 Å². The zero-order chi connectivity index (χ0) is 19.9. The van der Waals surface area contributed by atoms with E-state index in [0.717, 1.165) is 0 Å². The molecule has 0 atom stereocenters. The standard InChI is InChI=1S/C19H25N3O5/c1-13-10-15(22-27-13)12-17(23)20-8-9-25-16-7-5-6-14(11-16)21-18(24)26-19(2,3)4/h5-7,10-11H,8-9,12H2,1-4H3,(H,20,23)(H,21,24). The lowest BCUT2D eigenvalue weighted by molar-refractivity contribution is -0.120. The van der Waals surface area contributed by atoms with Crippen LogP contribution in [0.4, 0.5) is 10.5 Å². The average molecular weight is 375 g/mol. The van der Waals surface area contributed by atoms with Crippen LogP contribution in [0.3, 0.4) is 0 Å². The van der Waals surface area contributed by atoms with Gasteiger partial charge in [0.1, 0.15) is 23.7 Å². The van der Waals surface area contributed by atoms with E-state index in [1.54, 1.807) is 58.0 Å². The lowest BCUT2D eigenvalue weighted by Gasteiger charge is -2.19. The maximum atomic E-state index is 11.8. The number of aromatic nitrogens is 1. The second kappa shape index (κ2) is 9.07. The normalized spacial score (nSPS) is 11.0. The van der Waals surface area contributed by atoms with Gasteiger partial charge in [-0.1, -0.05) is 11.2 Å². The van der Waals surface area contributed by atoms with Crippen molar-refractivity contribution in [2.75, 3.05) is 18.5 Å². The fraction of sp³-hybridized carbons (Fsp3) is 0.421. The van der Waals surface area contributed by atoms with E-state index in [-0.39, 0.29) is 12.3 Å². The zero-order valence-corrected chi connectivity index (χ0v) is 16.0. The number of carbonyl (C=O) groups excluding carboxylic acids is 2. The Bertz CT molecular complexity index is 780. The molecule has 2 rings (SSSR count). The van der Waals surface area contributed by atoms with E-state index in [1.807, 2.05) is 0 Å². The molecule has 146 valence electrons. The van der Waals surface area contributed by atoms with Crippen molar-refractivity contribution in [1.82, 2.24) is 10.5 Å². The molecular weight excluding hydrogens is 350 g/mol. The van der Waals surface area contributed by atoms with E-state index in [9.17, 15) is 9.59 Å². The van der Waals surface area contributed by atoms with Crippen LogP contribution >= 0.6 is 0 Å². The van der Waals surface area contributed by atoms with Crippen LogP contribution < -0.4 is 15.4 Å². The van der Waals surface area contributed by atoms with Crippen LogP contribution in [0.15, 0.2) is 34.9 Å². The van der Waals surface area contributed by atoms with Crippen molar-refractivity contribution >= 4 is 17.7 Å². The Morgan fingerprint density at radius 1 is 1.22 bits per heavy atom. The summed E-state index contributed by atoms with van der Waals surface area (Å²) in [6.07, 6.45) is -0.373. The molecule has 27 heavy (non-hydrogen) atoms. The summed E-state index contributed by atoms with van der Waals surface area (Å²) in [7, 11) is 0. The molecule has 0 saturated heterocycles. The predicted molar refractivity (Wildman–Crippen MR) is 99.7 cm³/mol. The molecule has 2 N–H and O–H groups in total. The Morgan fingerprint density at radius 2 is 2.00 bits per heavy atom. The third-order valence-electron chi connectivity index (χ3n) is 3.19. The molecule has 0 radical (unpaired) electrons. The minimum absolute atomic E-state index is 0.159. The molecule has 1 aromatic heterocycles. The number of hydrogen-bond donors (Lipinski definition) is 2. The molecule has 0 saturated carbocycles. The van der Waals surface area contributed by atoms with Crippen molar-refractivity contribution in [2.24, 2.45) is 0 Å². The van der Waals surface area contributed by atoms with Crippen LogP contribution in [-0.4, -0.2) is 35.9 Å². The molecule has 0 aliphatic rings. The summed E-state index contributed by atoms with van der Waals surface area (Å²) in [6.45, 7) is 7.80. The third-order valence-corrected chi connectivity index (χ3v) is 3.19. The fourth-order valence-corrected chi connectivity index (χ4v) is 2.17. The lowest BCUT2D eigenvalue weighted by atomic mass is 10.2. The van der Waals surface area contributed by atoms with E-state index in [2.05, 4.69) is 15.8 Å². The molecule has 0 aliphatic heterocycles. The maximum absolute atomic E-state index is 11.8. The first-order valence-electron chi connectivity index (χ1n) is 8.63. The van der Waals surface area contributed by atoms with Gasteiger partial charge in [-0.05, 0) is 39.8 Å². The number of anilines is 1. The highest BCUT2D eigenvalue weighted by Crippen LogP contribution is 2.18. The van der Waals surface area contributed by atoms with Gasteiger partial charge in [-0.25, -0.2) is 4.79 Å². The second-order valence-corrected chi connectivity index (χ2v) is 6.96. The predicted octanol–water partition coefficient (Wildman–Crippen LogP) is 3.07. The number of ether oxygens (including phenoxy) is 2. The molecule has 0 unspecified atom stereocenters. The molecule has 0 fully saturated rings. The van der Waals surface area contributed by atoms with Crippen molar-refractivity contribution in [3.63, 3.8) is 0 Å². The first-order valence-corrected chi connectivity index (χ1v) is 8.63. The number of hydrogen-bond acceptors (Lipinski definition) is 6. The summed E-state index contributed by atoms with van der Waals surface area (Å²) in [6, 6.07) is 8.66. The Labute approximate surface area is 158 Å². The molecule has 0 spiro atoms. The molecule has 8 heteroatoms. The minimum Gasteiger partial charge on any atom is -0.492 e. The summed E-state index contributed by atoms with van der Waals surface area (Å²) in [4.78, 5) is 23.6. The minimum atomic E-state index is -0.568. The summed E-state index contributed by atoms with van der Waals surface area (Å²) in [5.41, 5.74) is 0.583. The molecule has 2 amide bonds. The number of nitrogens with one attached hydrogen (secondary N) is 2. The largest absolute Gasteiger partial charge is 0.492 e. The Morgan fingerprint density at radius 3 is 2.67 bits per heavy atom. The number of rotatable bonds is 7. The van der Waals surface area contributed by atoms with Crippen LogP contribution in [0, 0.1) is 6.92 Å². The molecule has 0 bridgehead atoms. The van der Waals surface area contributed by atoms with Gasteiger partial charge < -0.3 is 19.3 Å². The highest BCUT2D eigenvalue weighted by molar-refractivity contribution is 5.85. The summed E-state index contributed by atoms with van der Waals surface area (Å²) >= 11 is 0. The van der Waals surface area contributed by atoms with Gasteiger partial charge in [-0.15, -0.1) is 0 Å². The Hall–Kier alpha value is -3.03. The van der Waals surface area contributed by atoms with Crippen molar-refractivity contribution < 1.29 is 23.6 Å². The highest BCUT2D eigenvalue weighted by atomic mass is 16.6. The van der Waals surface area contributed by atoms with Crippen molar-refractivity contribution in [2.45, 2.75) is 39.7 Å². The number of aryl methyl sites for hydroxylation is 1. The first kappa shape index (κ1) is 20.3. The number of carbonyl (C=O) groups is 2. The monoisotopic (exact) mass is 375 g/mol. The number of nitrogens with zero attached hydrogens (tertiary/aromatic N) is 1. The van der Waals surface area contributed by atoms with Gasteiger partial charge in [-0.3, -0.25) is 10.1 Å². The third kappa shape index (κ3) is 7.81. The van der Waals surface area contributed by atoms with Crippen LogP contribution in [0.1, 0.15) is 32.2 Å². The zero-order valence-electron chi connectivity index (χ0n) is 16.0. The molecule has 0 aliphatic carbocycles. The molecule has 1 heterocycles. The van der Waals surface area contributed by atoms with Gasteiger partial charge in [0, 0.05) is 17.8 Å². The molecule has 8 nitrogen and oxygen atoms in total. The van der Waals surface area contributed by atoms with Gasteiger partial charge in [-0.2, -0.15) is 0 Å². The van der Waals surface area contributed by atoms with Gasteiger partial charge >= 0.3 is 6.09 Å². The van der Waals surface area contributed by atoms with Crippen LogP contribution in [0.5, 0.6) is 5.75 Å². The molecule has 2 aromatic rings. The van der Waals surface area contributed by atoms with Crippen LogP contribution in [0.25, 0.3) is 0 Å². The average Bonchev–Trinajstić information content (AvgIpc) is 2.95. The van der Waals surface area contributed by atoms with E-state index >= 15 is 0 Å². The van der Waals surface area contributed by atoms with Crippen molar-refractivity contribution in [3.8, 4) is 5.75 Å². The van der Waals surface area contributed by atoms with Gasteiger partial charge in [0.05, 0.1) is 18.7 Å². The van der Waals surface area contributed by atoms with Gasteiger partial charge in [0.25, 0.3) is 0 Å². The van der Waals surface area contributed by atoms with E-state index < -0.39 is 11.7 Å². The summed E-state index contributed by atoms with van der Waals surface area (Å²) < 4.78 is 15.7. The van der Waals surface area contributed by atoms with Crippen LogP contribution in [0.2, 0.25) is 0 Å². The Kier molecular flexibility index (Phi) is 6.81. The lowest BCUT2D eigenvalue weighted by Crippen LogP contribution is -2.29. The van der Waals surface area contributed by atoms with Crippen molar-refractivity contribution in [1.29, 1.82) is 0 Å². The summed E-state index contributed by atoms with van der Waals surface area (Å²) in [5.74, 6) is 1.08. The van der Waals surface area contributed by atoms with E-state index in [0.29, 0.717) is 36.0 Å². The Balaban J connectivity index is 1.73.